The number of carboxylic acids is 1. The average molecular weight is 354 g/mol. The van der Waals surface area contributed by atoms with E-state index in [1.807, 2.05) is 67.6 Å². The SMILES string of the molecule is CCCCOC(=O)[C@H](Cc1ccccc1)[C@H](Cc1ccccc1)C(=O)O. The predicted molar refractivity (Wildman–Crippen MR) is 101 cm³/mol. The maximum absolute atomic E-state index is 12.7. The summed E-state index contributed by atoms with van der Waals surface area (Å²) in [7, 11) is 0. The van der Waals surface area contributed by atoms with Crippen molar-refractivity contribution in [1.29, 1.82) is 0 Å². The molecule has 2 aromatic rings. The highest BCUT2D eigenvalue weighted by Crippen LogP contribution is 2.24. The van der Waals surface area contributed by atoms with Crippen LogP contribution in [0.1, 0.15) is 30.9 Å². The lowest BCUT2D eigenvalue weighted by molar-refractivity contribution is -0.157. The van der Waals surface area contributed by atoms with Gasteiger partial charge in [-0.05, 0) is 30.4 Å². The van der Waals surface area contributed by atoms with Gasteiger partial charge in [-0.1, -0.05) is 74.0 Å². The molecule has 0 saturated heterocycles. The highest BCUT2D eigenvalue weighted by Gasteiger charge is 2.35. The zero-order valence-electron chi connectivity index (χ0n) is 15.1. The summed E-state index contributed by atoms with van der Waals surface area (Å²) >= 11 is 0. The van der Waals surface area contributed by atoms with Crippen LogP contribution >= 0.6 is 0 Å². The van der Waals surface area contributed by atoms with E-state index in [-0.39, 0.29) is 0 Å². The highest BCUT2D eigenvalue weighted by atomic mass is 16.5. The zero-order valence-corrected chi connectivity index (χ0v) is 15.1. The first kappa shape index (κ1) is 19.7. The second-order valence-corrected chi connectivity index (χ2v) is 6.45. The Bertz CT molecular complexity index is 682. The molecule has 0 fully saturated rings. The van der Waals surface area contributed by atoms with Crippen molar-refractivity contribution >= 4 is 11.9 Å². The van der Waals surface area contributed by atoms with Crippen LogP contribution in [0.3, 0.4) is 0 Å². The van der Waals surface area contributed by atoms with Crippen LogP contribution in [0.5, 0.6) is 0 Å². The van der Waals surface area contributed by atoms with Gasteiger partial charge in [0, 0.05) is 0 Å². The van der Waals surface area contributed by atoms with Crippen molar-refractivity contribution in [3.8, 4) is 0 Å². The second kappa shape index (κ2) is 10.4. The molecular formula is C22H26O4. The number of benzene rings is 2. The fraction of sp³-hybridized carbons (Fsp3) is 0.364. The Morgan fingerprint density at radius 2 is 1.38 bits per heavy atom. The average Bonchev–Trinajstić information content (AvgIpc) is 2.66. The molecule has 0 radical (unpaired) electrons. The molecule has 4 nitrogen and oxygen atoms in total. The molecular weight excluding hydrogens is 328 g/mol. The van der Waals surface area contributed by atoms with Gasteiger partial charge < -0.3 is 9.84 Å². The molecule has 138 valence electrons. The van der Waals surface area contributed by atoms with E-state index in [0.29, 0.717) is 19.4 Å². The Morgan fingerprint density at radius 1 is 0.885 bits per heavy atom. The Labute approximate surface area is 154 Å². The number of carbonyl (C=O) groups excluding carboxylic acids is 1. The first-order valence-corrected chi connectivity index (χ1v) is 9.09. The third-order valence-corrected chi connectivity index (χ3v) is 4.44. The topological polar surface area (TPSA) is 63.6 Å². The molecule has 0 aliphatic rings. The molecule has 0 bridgehead atoms. The fourth-order valence-corrected chi connectivity index (χ4v) is 2.95. The van der Waals surface area contributed by atoms with Gasteiger partial charge in [-0.3, -0.25) is 9.59 Å². The van der Waals surface area contributed by atoms with Crippen molar-refractivity contribution in [3.63, 3.8) is 0 Å². The van der Waals surface area contributed by atoms with Crippen LogP contribution in [0, 0.1) is 11.8 Å². The number of aliphatic carboxylic acids is 1. The molecule has 0 aliphatic carbocycles. The number of hydrogen-bond donors (Lipinski definition) is 1. The van der Waals surface area contributed by atoms with Crippen molar-refractivity contribution in [1.82, 2.24) is 0 Å². The quantitative estimate of drug-likeness (QED) is 0.515. The number of unbranched alkanes of at least 4 members (excludes halogenated alkanes) is 1. The van der Waals surface area contributed by atoms with Gasteiger partial charge in [0.25, 0.3) is 0 Å². The molecule has 2 rings (SSSR count). The Hall–Kier alpha value is -2.62. The minimum absolute atomic E-state index is 0.302. The summed E-state index contributed by atoms with van der Waals surface area (Å²) in [5.74, 6) is -2.94. The Morgan fingerprint density at radius 3 is 1.85 bits per heavy atom. The van der Waals surface area contributed by atoms with Crippen molar-refractivity contribution in [3.05, 3.63) is 71.8 Å². The van der Waals surface area contributed by atoms with Gasteiger partial charge in [0.05, 0.1) is 18.4 Å². The number of hydrogen-bond acceptors (Lipinski definition) is 3. The van der Waals surface area contributed by atoms with Gasteiger partial charge in [0.15, 0.2) is 0 Å². The minimum Gasteiger partial charge on any atom is -0.481 e. The van der Waals surface area contributed by atoms with Crippen molar-refractivity contribution in [2.24, 2.45) is 11.8 Å². The van der Waals surface area contributed by atoms with E-state index in [1.165, 1.54) is 0 Å². The van der Waals surface area contributed by atoms with Gasteiger partial charge in [-0.2, -0.15) is 0 Å². The van der Waals surface area contributed by atoms with Crippen LogP contribution in [0.25, 0.3) is 0 Å². The standard InChI is InChI=1S/C22H26O4/c1-2-3-14-26-22(25)20(16-18-12-8-5-9-13-18)19(21(23)24)15-17-10-6-4-7-11-17/h4-13,19-20H,2-3,14-16H2,1H3,(H,23,24)/t19-,20+/m0/s1. The first-order chi connectivity index (χ1) is 12.6. The van der Waals surface area contributed by atoms with E-state index in [9.17, 15) is 14.7 Å². The lowest BCUT2D eigenvalue weighted by Gasteiger charge is -2.23. The number of carbonyl (C=O) groups is 2. The Kier molecular flexibility index (Phi) is 7.87. The molecule has 0 aliphatic heterocycles. The van der Waals surface area contributed by atoms with Crippen LogP contribution in [0.2, 0.25) is 0 Å². The lowest BCUT2D eigenvalue weighted by Crippen LogP contribution is -2.34. The zero-order chi connectivity index (χ0) is 18.8. The maximum Gasteiger partial charge on any atom is 0.310 e. The summed E-state index contributed by atoms with van der Waals surface area (Å²) in [6, 6.07) is 18.9. The molecule has 0 amide bonds. The first-order valence-electron chi connectivity index (χ1n) is 9.09. The van der Waals surface area contributed by atoms with Crippen LogP contribution in [0.4, 0.5) is 0 Å². The largest absolute Gasteiger partial charge is 0.481 e. The van der Waals surface area contributed by atoms with Crippen LogP contribution in [-0.2, 0) is 27.2 Å². The summed E-state index contributed by atoms with van der Waals surface area (Å²) < 4.78 is 5.38. The summed E-state index contributed by atoms with van der Waals surface area (Å²) in [5.41, 5.74) is 1.84. The lowest BCUT2D eigenvalue weighted by atomic mass is 9.82. The minimum atomic E-state index is -0.970. The smallest absolute Gasteiger partial charge is 0.310 e. The van der Waals surface area contributed by atoms with Crippen molar-refractivity contribution < 1.29 is 19.4 Å². The second-order valence-electron chi connectivity index (χ2n) is 6.45. The summed E-state index contributed by atoms with van der Waals surface area (Å²) in [6.07, 6.45) is 2.36. The van der Waals surface area contributed by atoms with E-state index in [4.69, 9.17) is 4.74 Å². The summed E-state index contributed by atoms with van der Waals surface area (Å²) in [4.78, 5) is 24.6. The van der Waals surface area contributed by atoms with E-state index < -0.39 is 23.8 Å². The molecule has 26 heavy (non-hydrogen) atoms. The van der Waals surface area contributed by atoms with E-state index in [0.717, 1.165) is 24.0 Å². The van der Waals surface area contributed by atoms with Gasteiger partial charge in [0.2, 0.25) is 0 Å². The molecule has 2 atom stereocenters. The maximum atomic E-state index is 12.7. The number of ether oxygens (including phenoxy) is 1. The molecule has 4 heteroatoms. The third-order valence-electron chi connectivity index (χ3n) is 4.44. The van der Waals surface area contributed by atoms with E-state index in [2.05, 4.69) is 0 Å². The normalized spacial score (nSPS) is 13.0. The molecule has 0 aromatic heterocycles. The molecule has 0 saturated carbocycles. The van der Waals surface area contributed by atoms with Crippen LogP contribution < -0.4 is 0 Å². The van der Waals surface area contributed by atoms with E-state index in [1.54, 1.807) is 0 Å². The summed E-state index contributed by atoms with van der Waals surface area (Å²) in [6.45, 7) is 2.35. The van der Waals surface area contributed by atoms with Gasteiger partial charge in [-0.15, -0.1) is 0 Å². The summed E-state index contributed by atoms with van der Waals surface area (Å²) in [5, 5.41) is 9.80. The molecule has 0 unspecified atom stereocenters. The molecule has 2 aromatic carbocycles. The van der Waals surface area contributed by atoms with Crippen LogP contribution in [0.15, 0.2) is 60.7 Å². The van der Waals surface area contributed by atoms with Gasteiger partial charge in [0.1, 0.15) is 0 Å². The van der Waals surface area contributed by atoms with Crippen molar-refractivity contribution in [2.75, 3.05) is 6.61 Å². The molecule has 0 spiro atoms. The number of rotatable bonds is 10. The Balaban J connectivity index is 2.22. The third kappa shape index (κ3) is 6.03. The monoisotopic (exact) mass is 354 g/mol. The van der Waals surface area contributed by atoms with Crippen molar-refractivity contribution in [2.45, 2.75) is 32.6 Å². The van der Waals surface area contributed by atoms with E-state index >= 15 is 0 Å². The van der Waals surface area contributed by atoms with Gasteiger partial charge in [-0.25, -0.2) is 0 Å². The fourth-order valence-electron chi connectivity index (χ4n) is 2.95. The van der Waals surface area contributed by atoms with Crippen LogP contribution in [-0.4, -0.2) is 23.7 Å². The number of esters is 1. The number of carboxylic acid groups (broad SMARTS) is 1. The van der Waals surface area contributed by atoms with Gasteiger partial charge >= 0.3 is 11.9 Å². The highest BCUT2D eigenvalue weighted by molar-refractivity contribution is 5.81. The molecule has 1 N–H and O–H groups in total. The predicted octanol–water partition coefficient (Wildman–Crippen LogP) is 4.13. The molecule has 0 heterocycles.